The lowest BCUT2D eigenvalue weighted by molar-refractivity contribution is 0.487. The third-order valence-electron chi connectivity index (χ3n) is 2.51. The van der Waals surface area contributed by atoms with Crippen LogP contribution in [-0.4, -0.2) is 20.3 Å². The zero-order valence-electron chi connectivity index (χ0n) is 10.6. The van der Waals surface area contributed by atoms with E-state index in [1.807, 2.05) is 4.72 Å². The molecule has 0 amide bonds. The Balaban J connectivity index is 3.14. The molecule has 0 fully saturated rings. The SMILES string of the molecule is CCC(CC(=N)N)NS(=O)(=O)c1c(F)cc(F)cc1F. The lowest BCUT2D eigenvalue weighted by Crippen LogP contribution is -2.38. The zero-order chi connectivity index (χ0) is 15.5. The van der Waals surface area contributed by atoms with Gasteiger partial charge in [0.15, 0.2) is 4.90 Å². The molecule has 112 valence electrons. The normalized spacial score (nSPS) is 13.2. The van der Waals surface area contributed by atoms with Crippen molar-refractivity contribution in [3.8, 4) is 0 Å². The van der Waals surface area contributed by atoms with Gasteiger partial charge >= 0.3 is 0 Å². The number of nitrogens with one attached hydrogen (secondary N) is 2. The summed E-state index contributed by atoms with van der Waals surface area (Å²) >= 11 is 0. The Morgan fingerprint density at radius 2 is 1.85 bits per heavy atom. The van der Waals surface area contributed by atoms with Crippen LogP contribution in [0.5, 0.6) is 0 Å². The molecule has 4 N–H and O–H groups in total. The van der Waals surface area contributed by atoms with Crippen molar-refractivity contribution in [1.82, 2.24) is 4.72 Å². The predicted molar refractivity (Wildman–Crippen MR) is 67.2 cm³/mol. The lowest BCUT2D eigenvalue weighted by Gasteiger charge is -2.17. The summed E-state index contributed by atoms with van der Waals surface area (Å²) in [4.78, 5) is -1.25. The van der Waals surface area contributed by atoms with Crippen LogP contribution in [0.25, 0.3) is 0 Å². The minimum Gasteiger partial charge on any atom is -0.388 e. The third-order valence-corrected chi connectivity index (χ3v) is 4.08. The summed E-state index contributed by atoms with van der Waals surface area (Å²) in [6, 6.07) is -0.214. The van der Waals surface area contributed by atoms with E-state index in [0.717, 1.165) is 0 Å². The van der Waals surface area contributed by atoms with E-state index in [4.69, 9.17) is 11.1 Å². The molecule has 0 saturated heterocycles. The summed E-state index contributed by atoms with van der Waals surface area (Å²) in [5, 5.41) is 7.10. The highest BCUT2D eigenvalue weighted by Gasteiger charge is 2.27. The number of halogens is 3. The molecule has 0 aromatic heterocycles. The van der Waals surface area contributed by atoms with Crippen LogP contribution in [-0.2, 0) is 10.0 Å². The summed E-state index contributed by atoms with van der Waals surface area (Å²) in [5.41, 5.74) is 5.16. The minimum absolute atomic E-state index is 0.0971. The second-order valence-electron chi connectivity index (χ2n) is 4.15. The van der Waals surface area contributed by atoms with Crippen LogP contribution in [0.4, 0.5) is 13.2 Å². The first-order chi connectivity index (χ1) is 9.17. The second kappa shape index (κ2) is 6.23. The van der Waals surface area contributed by atoms with Crippen molar-refractivity contribution >= 4 is 15.9 Å². The molecular formula is C11H14F3N3O2S. The van der Waals surface area contributed by atoms with Crippen molar-refractivity contribution in [2.75, 3.05) is 0 Å². The lowest BCUT2D eigenvalue weighted by atomic mass is 10.1. The van der Waals surface area contributed by atoms with Gasteiger partial charge in [-0.15, -0.1) is 0 Å². The molecule has 1 aromatic rings. The predicted octanol–water partition coefficient (Wildman–Crippen LogP) is 1.49. The number of benzene rings is 1. The van der Waals surface area contributed by atoms with Crippen LogP contribution in [0.15, 0.2) is 17.0 Å². The highest BCUT2D eigenvalue weighted by molar-refractivity contribution is 7.89. The maximum absolute atomic E-state index is 13.5. The van der Waals surface area contributed by atoms with E-state index in [0.29, 0.717) is 0 Å². The summed E-state index contributed by atoms with van der Waals surface area (Å²) in [5.74, 6) is -4.52. The molecule has 0 spiro atoms. The molecule has 0 aliphatic carbocycles. The Morgan fingerprint density at radius 3 is 2.25 bits per heavy atom. The molecule has 1 unspecified atom stereocenters. The number of rotatable bonds is 6. The summed E-state index contributed by atoms with van der Waals surface area (Å²) in [7, 11) is -4.51. The van der Waals surface area contributed by atoms with Gasteiger partial charge in [-0.05, 0) is 6.42 Å². The smallest absolute Gasteiger partial charge is 0.246 e. The highest BCUT2D eigenvalue weighted by Crippen LogP contribution is 2.20. The second-order valence-corrected chi connectivity index (χ2v) is 5.81. The van der Waals surface area contributed by atoms with Gasteiger partial charge in [0.25, 0.3) is 0 Å². The van der Waals surface area contributed by atoms with Crippen molar-refractivity contribution in [3.63, 3.8) is 0 Å². The molecule has 1 aromatic carbocycles. The fourth-order valence-electron chi connectivity index (χ4n) is 1.60. The van der Waals surface area contributed by atoms with Crippen molar-refractivity contribution < 1.29 is 21.6 Å². The van der Waals surface area contributed by atoms with E-state index in [2.05, 4.69) is 0 Å². The summed E-state index contributed by atoms with van der Waals surface area (Å²) in [6.45, 7) is 1.62. The van der Waals surface area contributed by atoms with Crippen LogP contribution in [0, 0.1) is 22.9 Å². The van der Waals surface area contributed by atoms with Crippen LogP contribution in [0.1, 0.15) is 19.8 Å². The van der Waals surface area contributed by atoms with Gasteiger partial charge in [-0.2, -0.15) is 0 Å². The van der Waals surface area contributed by atoms with Crippen molar-refractivity contribution in [1.29, 1.82) is 5.41 Å². The molecule has 9 heteroatoms. The number of hydrogen-bond donors (Lipinski definition) is 3. The average molecular weight is 309 g/mol. The molecule has 0 saturated carbocycles. The van der Waals surface area contributed by atoms with E-state index in [1.165, 1.54) is 0 Å². The van der Waals surface area contributed by atoms with Gasteiger partial charge in [0.05, 0.1) is 5.84 Å². The van der Waals surface area contributed by atoms with Crippen LogP contribution >= 0.6 is 0 Å². The topological polar surface area (TPSA) is 96.0 Å². The monoisotopic (exact) mass is 309 g/mol. The Kier molecular flexibility index (Phi) is 5.12. The van der Waals surface area contributed by atoms with Crippen LogP contribution in [0.3, 0.4) is 0 Å². The molecule has 1 atom stereocenters. The highest BCUT2D eigenvalue weighted by atomic mass is 32.2. The number of nitrogens with two attached hydrogens (primary N) is 1. The first kappa shape index (κ1) is 16.4. The first-order valence-electron chi connectivity index (χ1n) is 5.67. The molecular weight excluding hydrogens is 295 g/mol. The maximum Gasteiger partial charge on any atom is 0.246 e. The Hall–Kier alpha value is -1.61. The first-order valence-corrected chi connectivity index (χ1v) is 7.15. The fraction of sp³-hybridized carbons (Fsp3) is 0.364. The van der Waals surface area contributed by atoms with Gasteiger partial charge < -0.3 is 5.73 Å². The van der Waals surface area contributed by atoms with Gasteiger partial charge in [-0.3, -0.25) is 5.41 Å². The molecule has 5 nitrogen and oxygen atoms in total. The molecule has 0 bridgehead atoms. The maximum atomic E-state index is 13.5. The number of sulfonamides is 1. The Bertz CT molecular complexity index is 596. The molecule has 0 aliphatic heterocycles. The molecule has 0 radical (unpaired) electrons. The van der Waals surface area contributed by atoms with E-state index < -0.39 is 38.4 Å². The quantitative estimate of drug-likeness (QED) is 0.548. The third kappa shape index (κ3) is 3.94. The van der Waals surface area contributed by atoms with Gasteiger partial charge in [-0.25, -0.2) is 26.3 Å². The number of amidine groups is 1. The summed E-state index contributed by atoms with van der Waals surface area (Å²) < 4.78 is 65.5. The zero-order valence-corrected chi connectivity index (χ0v) is 11.4. The van der Waals surface area contributed by atoms with E-state index >= 15 is 0 Å². The molecule has 0 heterocycles. The van der Waals surface area contributed by atoms with E-state index in [9.17, 15) is 21.6 Å². The Labute approximate surface area is 114 Å². The fourth-order valence-corrected chi connectivity index (χ4v) is 3.04. The molecule has 20 heavy (non-hydrogen) atoms. The van der Waals surface area contributed by atoms with Gasteiger partial charge in [0, 0.05) is 24.6 Å². The molecule has 1 rings (SSSR count). The minimum atomic E-state index is -4.51. The van der Waals surface area contributed by atoms with E-state index in [-0.39, 0.29) is 30.8 Å². The largest absolute Gasteiger partial charge is 0.388 e. The van der Waals surface area contributed by atoms with Crippen molar-refractivity contribution in [2.45, 2.75) is 30.7 Å². The molecule has 0 aliphatic rings. The van der Waals surface area contributed by atoms with Gasteiger partial charge in [0.2, 0.25) is 10.0 Å². The summed E-state index contributed by atoms with van der Waals surface area (Å²) in [6.07, 6.45) is 0.170. The van der Waals surface area contributed by atoms with Crippen LogP contribution < -0.4 is 10.5 Å². The van der Waals surface area contributed by atoms with Gasteiger partial charge in [0.1, 0.15) is 17.5 Å². The van der Waals surface area contributed by atoms with Gasteiger partial charge in [-0.1, -0.05) is 6.92 Å². The van der Waals surface area contributed by atoms with Crippen LogP contribution in [0.2, 0.25) is 0 Å². The standard InChI is InChI=1S/C11H14F3N3O2S/c1-2-7(5-10(15)16)17-20(18,19)11-8(13)3-6(12)4-9(11)14/h3-4,7,17H,2,5H2,1H3,(H3,15,16). The Morgan fingerprint density at radius 1 is 1.35 bits per heavy atom. The number of hydrogen-bond acceptors (Lipinski definition) is 3. The van der Waals surface area contributed by atoms with Crippen molar-refractivity contribution in [2.24, 2.45) is 5.73 Å². The van der Waals surface area contributed by atoms with E-state index in [1.54, 1.807) is 6.92 Å². The van der Waals surface area contributed by atoms with Crippen molar-refractivity contribution in [3.05, 3.63) is 29.6 Å². The average Bonchev–Trinajstić information content (AvgIpc) is 2.24.